The molecule has 0 radical (unpaired) electrons. The van der Waals surface area contributed by atoms with E-state index in [1.54, 1.807) is 23.0 Å². The van der Waals surface area contributed by atoms with Crippen molar-refractivity contribution in [2.45, 2.75) is 44.6 Å². The molecule has 4 rings (SSSR count). The first-order valence-corrected chi connectivity index (χ1v) is 9.79. The Morgan fingerprint density at radius 1 is 1.15 bits per heavy atom. The van der Waals surface area contributed by atoms with E-state index in [1.807, 2.05) is 6.92 Å². The largest absolute Gasteiger partial charge is 0.439 e. The van der Waals surface area contributed by atoms with Crippen LogP contribution in [0.2, 0.25) is 0 Å². The average Bonchev–Trinajstić information content (AvgIpc) is 2.94. The molecule has 1 aromatic heterocycles. The molecule has 8 heteroatoms. The quantitative estimate of drug-likeness (QED) is 0.787. The van der Waals surface area contributed by atoms with Crippen molar-refractivity contribution in [2.24, 2.45) is 0 Å². The van der Waals surface area contributed by atoms with Crippen LogP contribution in [0.25, 0.3) is 0 Å². The summed E-state index contributed by atoms with van der Waals surface area (Å²) in [6, 6.07) is 0. The Labute approximate surface area is 159 Å². The molecule has 3 aliphatic heterocycles. The van der Waals surface area contributed by atoms with Gasteiger partial charge in [0.1, 0.15) is 5.60 Å². The van der Waals surface area contributed by atoms with Crippen molar-refractivity contribution in [3.8, 4) is 0 Å². The molecule has 1 spiro atoms. The number of carbonyl (C=O) groups is 2. The zero-order chi connectivity index (χ0) is 19.0. The number of aryl methyl sites for hydroxylation is 1. The number of likely N-dealkylation sites (N-methyl/N-ethyl adjacent to an activating group) is 1. The van der Waals surface area contributed by atoms with E-state index in [0.29, 0.717) is 36.8 Å². The van der Waals surface area contributed by atoms with E-state index in [-0.39, 0.29) is 12.0 Å². The number of amides is 2. The summed E-state index contributed by atoms with van der Waals surface area (Å²) in [5, 5.41) is 0. The molecule has 8 nitrogen and oxygen atoms in total. The fourth-order valence-corrected chi connectivity index (χ4v) is 4.36. The number of carbonyl (C=O) groups excluding carboxylic acids is 2. The van der Waals surface area contributed by atoms with Crippen LogP contribution in [0.15, 0.2) is 6.20 Å². The maximum Gasteiger partial charge on any atom is 0.410 e. The minimum Gasteiger partial charge on any atom is -0.439 e. The Morgan fingerprint density at radius 2 is 1.93 bits per heavy atom. The maximum atomic E-state index is 13.1. The molecule has 3 aliphatic rings. The standard InChI is InChI=1S/C19H27N5O3/c1-14-15(11-20-17(21-14)23-8-4-3-5-9-23)16(25)24-10-6-7-19(13-24)12-22(2)18(26)27-19/h11H,3-10,12-13H2,1-2H3. The van der Waals surface area contributed by atoms with E-state index in [0.717, 1.165) is 38.8 Å². The number of ether oxygens (including phenoxy) is 1. The minimum absolute atomic E-state index is 0.0811. The van der Waals surface area contributed by atoms with Crippen molar-refractivity contribution in [1.29, 1.82) is 0 Å². The Hall–Kier alpha value is -2.38. The summed E-state index contributed by atoms with van der Waals surface area (Å²) in [7, 11) is 1.73. The van der Waals surface area contributed by atoms with Gasteiger partial charge in [-0.25, -0.2) is 14.8 Å². The topological polar surface area (TPSA) is 78.9 Å². The number of piperidine rings is 2. The van der Waals surface area contributed by atoms with Gasteiger partial charge in [-0.15, -0.1) is 0 Å². The summed E-state index contributed by atoms with van der Waals surface area (Å²) in [5.74, 6) is 0.632. The molecule has 3 fully saturated rings. The van der Waals surface area contributed by atoms with Gasteiger partial charge in [-0.1, -0.05) is 0 Å². The Morgan fingerprint density at radius 3 is 2.59 bits per heavy atom. The number of aromatic nitrogens is 2. The number of hydrogen-bond acceptors (Lipinski definition) is 6. The van der Waals surface area contributed by atoms with Crippen LogP contribution in [0.4, 0.5) is 10.7 Å². The van der Waals surface area contributed by atoms with Crippen LogP contribution in [-0.4, -0.2) is 77.1 Å². The molecule has 1 aromatic rings. The van der Waals surface area contributed by atoms with E-state index >= 15 is 0 Å². The van der Waals surface area contributed by atoms with E-state index in [4.69, 9.17) is 4.74 Å². The lowest BCUT2D eigenvalue weighted by atomic mass is 9.92. The van der Waals surface area contributed by atoms with Gasteiger partial charge in [0, 0.05) is 32.9 Å². The zero-order valence-corrected chi connectivity index (χ0v) is 16.1. The van der Waals surface area contributed by atoms with Crippen LogP contribution in [0.1, 0.15) is 48.2 Å². The Balaban J connectivity index is 1.49. The fraction of sp³-hybridized carbons (Fsp3) is 0.684. The summed E-state index contributed by atoms with van der Waals surface area (Å²) in [6.45, 7) is 5.43. The van der Waals surface area contributed by atoms with Crippen LogP contribution < -0.4 is 4.90 Å². The molecule has 4 heterocycles. The molecule has 2 amide bonds. The fourth-order valence-electron chi connectivity index (χ4n) is 4.36. The van der Waals surface area contributed by atoms with Crippen molar-refractivity contribution >= 4 is 17.9 Å². The lowest BCUT2D eigenvalue weighted by Gasteiger charge is -2.38. The summed E-state index contributed by atoms with van der Waals surface area (Å²) >= 11 is 0. The van der Waals surface area contributed by atoms with Crippen molar-refractivity contribution in [1.82, 2.24) is 19.8 Å². The predicted octanol–water partition coefficient (Wildman–Crippen LogP) is 1.83. The third-order valence-corrected chi connectivity index (χ3v) is 5.80. The minimum atomic E-state index is -0.581. The Bertz CT molecular complexity index is 749. The van der Waals surface area contributed by atoms with Crippen LogP contribution >= 0.6 is 0 Å². The number of rotatable bonds is 2. The molecule has 1 atom stereocenters. The summed E-state index contributed by atoms with van der Waals surface area (Å²) in [5.41, 5.74) is 0.656. The second-order valence-electron chi connectivity index (χ2n) is 7.95. The number of hydrogen-bond donors (Lipinski definition) is 0. The molecule has 146 valence electrons. The van der Waals surface area contributed by atoms with Gasteiger partial charge in [0.05, 0.1) is 24.3 Å². The lowest BCUT2D eigenvalue weighted by molar-refractivity contribution is -0.00527. The normalized spacial score (nSPS) is 25.9. The van der Waals surface area contributed by atoms with E-state index < -0.39 is 5.60 Å². The first-order chi connectivity index (χ1) is 13.0. The number of likely N-dealkylation sites (tertiary alicyclic amines) is 1. The first kappa shape index (κ1) is 18.0. The molecule has 1 unspecified atom stereocenters. The number of anilines is 1. The van der Waals surface area contributed by atoms with Gasteiger partial charge in [0.15, 0.2) is 0 Å². The molecule has 0 bridgehead atoms. The molecule has 27 heavy (non-hydrogen) atoms. The van der Waals surface area contributed by atoms with E-state index in [1.165, 1.54) is 6.42 Å². The highest BCUT2D eigenvalue weighted by atomic mass is 16.6. The van der Waals surface area contributed by atoms with Crippen LogP contribution in [0.5, 0.6) is 0 Å². The van der Waals surface area contributed by atoms with Crippen molar-refractivity contribution in [3.05, 3.63) is 17.5 Å². The first-order valence-electron chi connectivity index (χ1n) is 9.79. The molecule has 0 aliphatic carbocycles. The summed E-state index contributed by atoms with van der Waals surface area (Å²) < 4.78 is 5.60. The summed E-state index contributed by atoms with van der Waals surface area (Å²) in [6.07, 6.45) is 6.52. The van der Waals surface area contributed by atoms with Crippen LogP contribution in [0, 0.1) is 6.92 Å². The molecular weight excluding hydrogens is 346 g/mol. The third-order valence-electron chi connectivity index (χ3n) is 5.80. The van der Waals surface area contributed by atoms with E-state index in [2.05, 4.69) is 14.9 Å². The second-order valence-corrected chi connectivity index (χ2v) is 7.95. The van der Waals surface area contributed by atoms with E-state index in [9.17, 15) is 9.59 Å². The average molecular weight is 373 g/mol. The highest BCUT2D eigenvalue weighted by molar-refractivity contribution is 5.95. The van der Waals surface area contributed by atoms with Gasteiger partial charge >= 0.3 is 6.09 Å². The molecule has 0 N–H and O–H groups in total. The molecule has 0 aromatic carbocycles. The van der Waals surface area contributed by atoms with Gasteiger partial charge < -0.3 is 19.4 Å². The van der Waals surface area contributed by atoms with Gasteiger partial charge in [0.25, 0.3) is 5.91 Å². The SMILES string of the molecule is Cc1nc(N2CCCCC2)ncc1C(=O)N1CCCC2(CN(C)C(=O)O2)C1. The monoisotopic (exact) mass is 373 g/mol. The van der Waals surface area contributed by atoms with Gasteiger partial charge in [-0.2, -0.15) is 0 Å². The lowest BCUT2D eigenvalue weighted by Crippen LogP contribution is -2.52. The summed E-state index contributed by atoms with van der Waals surface area (Å²) in [4.78, 5) is 39.5. The Kier molecular flexibility index (Phi) is 4.65. The number of nitrogens with zero attached hydrogens (tertiary/aromatic N) is 5. The molecular formula is C19H27N5O3. The highest BCUT2D eigenvalue weighted by Gasteiger charge is 2.47. The third kappa shape index (κ3) is 3.44. The van der Waals surface area contributed by atoms with Crippen molar-refractivity contribution in [3.63, 3.8) is 0 Å². The highest BCUT2D eigenvalue weighted by Crippen LogP contribution is 2.32. The van der Waals surface area contributed by atoms with Crippen LogP contribution in [0.3, 0.4) is 0 Å². The van der Waals surface area contributed by atoms with Crippen LogP contribution in [-0.2, 0) is 4.74 Å². The van der Waals surface area contributed by atoms with Crippen molar-refractivity contribution in [2.75, 3.05) is 44.7 Å². The van der Waals surface area contributed by atoms with Crippen molar-refractivity contribution < 1.29 is 14.3 Å². The van der Waals surface area contributed by atoms with Gasteiger partial charge in [0.2, 0.25) is 5.95 Å². The predicted molar refractivity (Wildman–Crippen MR) is 99.8 cm³/mol. The maximum absolute atomic E-state index is 13.1. The zero-order valence-electron chi connectivity index (χ0n) is 16.1. The van der Waals surface area contributed by atoms with Gasteiger partial charge in [-0.05, 0) is 39.0 Å². The smallest absolute Gasteiger partial charge is 0.410 e. The second kappa shape index (κ2) is 6.98. The molecule has 3 saturated heterocycles. The molecule has 0 saturated carbocycles. The van der Waals surface area contributed by atoms with Gasteiger partial charge in [-0.3, -0.25) is 4.79 Å².